The first-order valence-corrected chi connectivity index (χ1v) is 4.90. The van der Waals surface area contributed by atoms with Crippen molar-refractivity contribution in [2.75, 3.05) is 6.54 Å². The Bertz CT molecular complexity index is 311. The first kappa shape index (κ1) is 10.8. The molecule has 0 radical (unpaired) electrons. The summed E-state index contributed by atoms with van der Waals surface area (Å²) in [5, 5.41) is 11.7. The van der Waals surface area contributed by atoms with Crippen molar-refractivity contribution in [1.82, 2.24) is 5.32 Å². The topological polar surface area (TPSA) is 49.0 Å². The number of hydrogen-bond donors (Lipinski definition) is 1. The molecule has 76 valence electrons. The van der Waals surface area contributed by atoms with Crippen LogP contribution in [0.25, 0.3) is 0 Å². The molecular weight excluding hydrogens is 176 g/mol. The first-order valence-electron chi connectivity index (χ1n) is 4.90. The summed E-state index contributed by atoms with van der Waals surface area (Å²) < 4.78 is 5.47. The van der Waals surface area contributed by atoms with Gasteiger partial charge in [-0.3, -0.25) is 0 Å². The fourth-order valence-electron chi connectivity index (χ4n) is 1.27. The zero-order chi connectivity index (χ0) is 10.4. The minimum absolute atomic E-state index is 0.224. The molecule has 0 saturated carbocycles. The van der Waals surface area contributed by atoms with Gasteiger partial charge in [-0.2, -0.15) is 5.26 Å². The summed E-state index contributed by atoms with van der Waals surface area (Å²) in [5.41, 5.74) is 0. The van der Waals surface area contributed by atoms with Crippen LogP contribution in [0.1, 0.15) is 37.3 Å². The molecule has 0 bridgehead atoms. The predicted molar refractivity (Wildman–Crippen MR) is 54.7 cm³/mol. The summed E-state index contributed by atoms with van der Waals surface area (Å²) in [6.45, 7) is 4.85. The molecule has 1 unspecified atom stereocenters. The Hall–Kier alpha value is -1.27. The summed E-state index contributed by atoms with van der Waals surface area (Å²) >= 11 is 0. The van der Waals surface area contributed by atoms with Gasteiger partial charge in [0.25, 0.3) is 0 Å². The molecule has 1 rings (SSSR count). The van der Waals surface area contributed by atoms with E-state index in [4.69, 9.17) is 9.68 Å². The van der Waals surface area contributed by atoms with Crippen molar-refractivity contribution < 1.29 is 4.42 Å². The van der Waals surface area contributed by atoms with Crippen LogP contribution in [0.5, 0.6) is 0 Å². The molecule has 3 heteroatoms. The summed E-state index contributed by atoms with van der Waals surface area (Å²) in [7, 11) is 0. The van der Waals surface area contributed by atoms with Crippen LogP contribution < -0.4 is 5.32 Å². The third kappa shape index (κ3) is 3.23. The van der Waals surface area contributed by atoms with Gasteiger partial charge in [-0.1, -0.05) is 0 Å². The number of furan rings is 1. The molecule has 0 saturated heterocycles. The molecule has 0 spiro atoms. The molecule has 0 aliphatic heterocycles. The van der Waals surface area contributed by atoms with Crippen LogP contribution in [0.2, 0.25) is 0 Å². The lowest BCUT2D eigenvalue weighted by Gasteiger charge is -2.09. The van der Waals surface area contributed by atoms with Crippen LogP contribution in [0.3, 0.4) is 0 Å². The molecule has 1 aromatic rings. The molecule has 0 aliphatic carbocycles. The van der Waals surface area contributed by atoms with Crippen molar-refractivity contribution in [3.63, 3.8) is 0 Å². The molecule has 1 atom stereocenters. The molecular formula is C11H16N2O. The van der Waals surface area contributed by atoms with Gasteiger partial charge < -0.3 is 9.73 Å². The zero-order valence-electron chi connectivity index (χ0n) is 8.71. The van der Waals surface area contributed by atoms with Crippen LogP contribution >= 0.6 is 0 Å². The number of nitrogens with zero attached hydrogens (tertiary/aromatic N) is 1. The highest BCUT2D eigenvalue weighted by molar-refractivity contribution is 5.08. The first-order chi connectivity index (χ1) is 6.74. The third-order valence-corrected chi connectivity index (χ3v) is 2.10. The fourth-order valence-corrected chi connectivity index (χ4v) is 1.27. The zero-order valence-corrected chi connectivity index (χ0v) is 8.71. The van der Waals surface area contributed by atoms with E-state index in [2.05, 4.69) is 18.3 Å². The Morgan fingerprint density at radius 3 is 2.93 bits per heavy atom. The molecule has 1 N–H and O–H groups in total. The maximum atomic E-state index is 8.36. The second-order valence-corrected chi connectivity index (χ2v) is 3.39. The average Bonchev–Trinajstić information content (AvgIpc) is 2.59. The van der Waals surface area contributed by atoms with E-state index in [1.54, 1.807) is 0 Å². The van der Waals surface area contributed by atoms with E-state index in [1.165, 1.54) is 0 Å². The minimum atomic E-state index is 0.224. The molecule has 3 nitrogen and oxygen atoms in total. The Kier molecular flexibility index (Phi) is 4.21. The van der Waals surface area contributed by atoms with Crippen molar-refractivity contribution in [2.45, 2.75) is 32.7 Å². The van der Waals surface area contributed by atoms with Crippen LogP contribution in [-0.4, -0.2) is 6.54 Å². The lowest BCUT2D eigenvalue weighted by Crippen LogP contribution is -2.19. The lowest BCUT2D eigenvalue weighted by atomic mass is 10.2. The number of unbranched alkanes of at least 4 members (excludes halogenated alkanes) is 1. The van der Waals surface area contributed by atoms with Gasteiger partial charge in [-0.25, -0.2) is 0 Å². The van der Waals surface area contributed by atoms with Crippen molar-refractivity contribution >= 4 is 0 Å². The smallest absolute Gasteiger partial charge is 0.120 e. The quantitative estimate of drug-likeness (QED) is 0.729. The van der Waals surface area contributed by atoms with Gasteiger partial charge in [0.05, 0.1) is 12.1 Å². The van der Waals surface area contributed by atoms with E-state index in [0.29, 0.717) is 6.42 Å². The average molecular weight is 192 g/mol. The molecule has 14 heavy (non-hydrogen) atoms. The third-order valence-electron chi connectivity index (χ3n) is 2.10. The van der Waals surface area contributed by atoms with Crippen molar-refractivity contribution in [3.8, 4) is 6.07 Å². The fraction of sp³-hybridized carbons (Fsp3) is 0.545. The maximum absolute atomic E-state index is 8.36. The van der Waals surface area contributed by atoms with Crippen LogP contribution in [0.15, 0.2) is 16.5 Å². The van der Waals surface area contributed by atoms with Crippen LogP contribution in [-0.2, 0) is 0 Å². The Morgan fingerprint density at radius 2 is 2.36 bits per heavy atom. The van der Waals surface area contributed by atoms with Gasteiger partial charge in [0.15, 0.2) is 0 Å². The number of aryl methyl sites for hydroxylation is 1. The van der Waals surface area contributed by atoms with Gasteiger partial charge in [-0.05, 0) is 38.9 Å². The van der Waals surface area contributed by atoms with E-state index in [1.807, 2.05) is 19.1 Å². The van der Waals surface area contributed by atoms with Crippen LogP contribution in [0, 0.1) is 18.3 Å². The van der Waals surface area contributed by atoms with Crippen LogP contribution in [0.4, 0.5) is 0 Å². The largest absolute Gasteiger partial charge is 0.465 e. The normalized spacial score (nSPS) is 12.4. The van der Waals surface area contributed by atoms with Gasteiger partial charge in [0, 0.05) is 6.42 Å². The Labute approximate surface area is 84.7 Å². The number of nitrogens with one attached hydrogen (secondary N) is 1. The highest BCUT2D eigenvalue weighted by Crippen LogP contribution is 2.15. The van der Waals surface area contributed by atoms with Gasteiger partial charge in [0.1, 0.15) is 11.5 Å². The number of rotatable bonds is 5. The van der Waals surface area contributed by atoms with Gasteiger partial charge >= 0.3 is 0 Å². The second kappa shape index (κ2) is 5.46. The van der Waals surface area contributed by atoms with Crippen molar-refractivity contribution in [3.05, 3.63) is 23.7 Å². The number of hydrogen-bond acceptors (Lipinski definition) is 3. The maximum Gasteiger partial charge on any atom is 0.120 e. The highest BCUT2D eigenvalue weighted by atomic mass is 16.3. The Balaban J connectivity index is 2.29. The molecule has 0 fully saturated rings. The molecule has 1 heterocycles. The highest BCUT2D eigenvalue weighted by Gasteiger charge is 2.07. The van der Waals surface area contributed by atoms with E-state index in [-0.39, 0.29) is 6.04 Å². The van der Waals surface area contributed by atoms with E-state index in [0.717, 1.165) is 24.5 Å². The summed E-state index contributed by atoms with van der Waals surface area (Å²) in [6.07, 6.45) is 1.50. The van der Waals surface area contributed by atoms with Gasteiger partial charge in [-0.15, -0.1) is 0 Å². The molecule has 0 amide bonds. The SMILES string of the molecule is Cc1ccc(C(C)NCCCC#N)o1. The van der Waals surface area contributed by atoms with Crippen molar-refractivity contribution in [2.24, 2.45) is 0 Å². The summed E-state index contributed by atoms with van der Waals surface area (Å²) in [6, 6.07) is 6.29. The lowest BCUT2D eigenvalue weighted by molar-refractivity contribution is 0.415. The molecule has 1 aromatic heterocycles. The second-order valence-electron chi connectivity index (χ2n) is 3.39. The molecule has 0 aliphatic rings. The molecule has 0 aromatic carbocycles. The standard InChI is InChI=1S/C11H16N2O/c1-9-5-6-11(14-9)10(2)13-8-4-3-7-12/h5-6,10,13H,3-4,8H2,1-2H3. The summed E-state index contributed by atoms with van der Waals surface area (Å²) in [4.78, 5) is 0. The monoisotopic (exact) mass is 192 g/mol. The number of nitriles is 1. The van der Waals surface area contributed by atoms with E-state index < -0.39 is 0 Å². The summed E-state index contributed by atoms with van der Waals surface area (Å²) in [5.74, 6) is 1.89. The van der Waals surface area contributed by atoms with E-state index in [9.17, 15) is 0 Å². The predicted octanol–water partition coefficient (Wildman–Crippen LogP) is 2.54. The van der Waals surface area contributed by atoms with Crippen molar-refractivity contribution in [1.29, 1.82) is 5.26 Å². The minimum Gasteiger partial charge on any atom is -0.465 e. The van der Waals surface area contributed by atoms with E-state index >= 15 is 0 Å². The Morgan fingerprint density at radius 1 is 1.57 bits per heavy atom. The van der Waals surface area contributed by atoms with Gasteiger partial charge in [0.2, 0.25) is 0 Å².